The molecule has 0 bridgehead atoms. The Bertz CT molecular complexity index is 1430. The van der Waals surface area contributed by atoms with E-state index in [0.29, 0.717) is 10.6 Å². The van der Waals surface area contributed by atoms with Crippen LogP contribution in [0.1, 0.15) is 21.7 Å². The van der Waals surface area contributed by atoms with E-state index < -0.39 is 45.4 Å². The molecule has 2 aromatic heterocycles. The number of rotatable bonds is 7. The maximum Gasteiger partial charge on any atom is 0.287 e. The van der Waals surface area contributed by atoms with Crippen molar-refractivity contribution in [3.63, 3.8) is 0 Å². The Kier molecular flexibility index (Phi) is 6.92. The third-order valence-corrected chi connectivity index (χ3v) is 5.26. The van der Waals surface area contributed by atoms with Gasteiger partial charge in [-0.15, -0.1) is 0 Å². The predicted molar refractivity (Wildman–Crippen MR) is 118 cm³/mol. The van der Waals surface area contributed by atoms with Crippen molar-refractivity contribution in [1.82, 2.24) is 9.88 Å². The summed E-state index contributed by atoms with van der Waals surface area (Å²) in [6.45, 7) is -0.563. The van der Waals surface area contributed by atoms with Crippen LogP contribution < -0.4 is 15.6 Å². The number of aromatic nitrogens is 1. The lowest BCUT2D eigenvalue weighted by molar-refractivity contribution is 0.0923. The van der Waals surface area contributed by atoms with E-state index in [9.17, 15) is 27.2 Å². The predicted octanol–water partition coefficient (Wildman–Crippen LogP) is 5.15. The molecule has 0 aliphatic carbocycles. The van der Waals surface area contributed by atoms with Gasteiger partial charge in [0, 0.05) is 24.4 Å². The maximum atomic E-state index is 14.8. The molecule has 1 amide bonds. The van der Waals surface area contributed by atoms with Gasteiger partial charge >= 0.3 is 0 Å². The molecule has 180 valence electrons. The van der Waals surface area contributed by atoms with Gasteiger partial charge in [-0.2, -0.15) is 0 Å². The molecule has 2 aromatic carbocycles. The van der Waals surface area contributed by atoms with Gasteiger partial charge in [-0.05, 0) is 48.0 Å². The summed E-state index contributed by atoms with van der Waals surface area (Å²) in [5.41, 5.74) is -1.56. The van der Waals surface area contributed by atoms with Gasteiger partial charge in [-0.1, -0.05) is 11.6 Å². The van der Waals surface area contributed by atoms with Crippen LogP contribution >= 0.6 is 11.6 Å². The van der Waals surface area contributed by atoms with Crippen molar-refractivity contribution in [1.29, 1.82) is 0 Å². The van der Waals surface area contributed by atoms with E-state index in [1.54, 1.807) is 0 Å². The molecular weight excluding hydrogens is 492 g/mol. The van der Waals surface area contributed by atoms with E-state index >= 15 is 0 Å². The molecule has 2 heterocycles. The molecular formula is C24H15ClF4N2O4. The summed E-state index contributed by atoms with van der Waals surface area (Å²) in [6, 6.07) is 8.94. The summed E-state index contributed by atoms with van der Waals surface area (Å²) in [4.78, 5) is 24.6. The topological polar surface area (TPSA) is 73.5 Å². The number of carbonyl (C=O) groups excluding carboxylic acids is 1. The van der Waals surface area contributed by atoms with Crippen LogP contribution in [0.25, 0.3) is 5.69 Å². The van der Waals surface area contributed by atoms with E-state index in [1.165, 1.54) is 30.5 Å². The van der Waals surface area contributed by atoms with Gasteiger partial charge in [-0.25, -0.2) is 17.6 Å². The summed E-state index contributed by atoms with van der Waals surface area (Å²) in [5, 5.41) is 1.96. The molecule has 0 saturated carbocycles. The van der Waals surface area contributed by atoms with Crippen LogP contribution in [0.15, 0.2) is 70.2 Å². The lowest BCUT2D eigenvalue weighted by Gasteiger charge is -2.13. The fourth-order valence-corrected chi connectivity index (χ4v) is 3.41. The van der Waals surface area contributed by atoms with Gasteiger partial charge in [0.1, 0.15) is 34.7 Å². The normalized spacial score (nSPS) is 10.9. The number of furan rings is 1. The lowest BCUT2D eigenvalue weighted by Crippen LogP contribution is -2.23. The molecule has 4 aromatic rings. The quantitative estimate of drug-likeness (QED) is 0.352. The first-order valence-corrected chi connectivity index (χ1v) is 10.4. The Morgan fingerprint density at radius 3 is 2.43 bits per heavy atom. The van der Waals surface area contributed by atoms with Gasteiger partial charge in [-0.3, -0.25) is 14.2 Å². The monoisotopic (exact) mass is 506 g/mol. The number of nitrogens with zero attached hydrogens (tertiary/aromatic N) is 1. The van der Waals surface area contributed by atoms with Crippen LogP contribution in [0.5, 0.6) is 5.75 Å². The molecule has 0 radical (unpaired) electrons. The zero-order valence-corrected chi connectivity index (χ0v) is 18.4. The number of halogens is 5. The van der Waals surface area contributed by atoms with Crippen molar-refractivity contribution in [2.24, 2.45) is 0 Å². The van der Waals surface area contributed by atoms with E-state index in [2.05, 4.69) is 5.32 Å². The first-order chi connectivity index (χ1) is 16.7. The maximum absolute atomic E-state index is 14.8. The molecule has 1 N–H and O–H groups in total. The molecule has 0 unspecified atom stereocenters. The summed E-state index contributed by atoms with van der Waals surface area (Å²) in [5.74, 6) is -4.46. The number of carbonyl (C=O) groups is 1. The average molecular weight is 507 g/mol. The zero-order valence-electron chi connectivity index (χ0n) is 17.7. The molecule has 0 spiro atoms. The highest BCUT2D eigenvalue weighted by Gasteiger charge is 2.19. The molecule has 0 saturated heterocycles. The number of ether oxygens (including phenoxy) is 1. The molecule has 0 aliphatic heterocycles. The minimum atomic E-state index is -1.08. The Morgan fingerprint density at radius 2 is 1.77 bits per heavy atom. The minimum Gasteiger partial charge on any atom is -0.487 e. The van der Waals surface area contributed by atoms with Crippen molar-refractivity contribution < 1.29 is 31.5 Å². The molecule has 11 heteroatoms. The number of hydrogen-bond acceptors (Lipinski definition) is 4. The number of pyridine rings is 1. The van der Waals surface area contributed by atoms with E-state index in [4.69, 9.17) is 20.8 Å². The van der Waals surface area contributed by atoms with Crippen molar-refractivity contribution >= 4 is 17.5 Å². The van der Waals surface area contributed by atoms with Crippen molar-refractivity contribution in [3.05, 3.63) is 117 Å². The average Bonchev–Trinajstić information content (AvgIpc) is 3.35. The number of nitrogens with one attached hydrogen (secondary N) is 1. The highest BCUT2D eigenvalue weighted by molar-refractivity contribution is 6.31. The van der Waals surface area contributed by atoms with Crippen LogP contribution in [0.3, 0.4) is 0 Å². The number of hydrogen-bond donors (Lipinski definition) is 1. The Morgan fingerprint density at radius 1 is 1.03 bits per heavy atom. The van der Waals surface area contributed by atoms with Crippen molar-refractivity contribution in [2.75, 3.05) is 0 Å². The third kappa shape index (κ3) is 5.22. The largest absolute Gasteiger partial charge is 0.487 e. The van der Waals surface area contributed by atoms with E-state index in [1.807, 2.05) is 0 Å². The molecule has 0 atom stereocenters. The molecule has 4 rings (SSSR count). The molecule has 6 nitrogen and oxygen atoms in total. The summed E-state index contributed by atoms with van der Waals surface area (Å²) in [7, 11) is 0. The van der Waals surface area contributed by atoms with E-state index in [-0.39, 0.29) is 35.8 Å². The third-order valence-electron chi connectivity index (χ3n) is 4.91. The molecule has 0 aliphatic rings. The highest BCUT2D eigenvalue weighted by Crippen LogP contribution is 2.25. The summed E-state index contributed by atoms with van der Waals surface area (Å²) in [6.07, 6.45) is 2.35. The molecule has 35 heavy (non-hydrogen) atoms. The van der Waals surface area contributed by atoms with Gasteiger partial charge < -0.3 is 14.5 Å². The Balaban J connectivity index is 1.53. The SMILES string of the molecule is O=C(NCc1cc(F)c(-n2ccc(OCc3ccc(F)cc3F)c(Cl)c2=O)c(F)c1)c1ccco1. The van der Waals surface area contributed by atoms with Gasteiger partial charge in [0.05, 0.1) is 6.26 Å². The standard InChI is InChI=1S/C24H15ClF4N2O4/c25-21-19(35-12-14-3-4-15(26)10-16(14)27)5-6-31(24(21)33)22-17(28)8-13(9-18(22)29)11-30-23(32)20-2-1-7-34-20/h1-10H,11-12H2,(H,30,32). The smallest absolute Gasteiger partial charge is 0.287 e. The Labute approximate surface area is 200 Å². The number of benzene rings is 2. The first-order valence-electron chi connectivity index (χ1n) is 10.0. The zero-order chi connectivity index (χ0) is 25.1. The first kappa shape index (κ1) is 24.1. The second kappa shape index (κ2) is 10.1. The second-order valence-corrected chi connectivity index (χ2v) is 7.64. The van der Waals surface area contributed by atoms with Crippen LogP contribution in [-0.4, -0.2) is 10.5 Å². The van der Waals surface area contributed by atoms with Crippen LogP contribution in [0.4, 0.5) is 17.6 Å². The lowest BCUT2D eigenvalue weighted by atomic mass is 10.1. The van der Waals surface area contributed by atoms with Gasteiger partial charge in [0.25, 0.3) is 11.5 Å². The van der Waals surface area contributed by atoms with Crippen LogP contribution in [-0.2, 0) is 13.2 Å². The second-order valence-electron chi connectivity index (χ2n) is 7.26. The summed E-state index contributed by atoms with van der Waals surface area (Å²) >= 11 is 6.04. The van der Waals surface area contributed by atoms with Crippen molar-refractivity contribution in [2.45, 2.75) is 13.2 Å². The van der Waals surface area contributed by atoms with Gasteiger partial charge in [0.15, 0.2) is 17.4 Å². The van der Waals surface area contributed by atoms with Crippen molar-refractivity contribution in [3.8, 4) is 11.4 Å². The van der Waals surface area contributed by atoms with Gasteiger partial charge in [0.2, 0.25) is 0 Å². The highest BCUT2D eigenvalue weighted by atomic mass is 35.5. The number of amides is 1. The van der Waals surface area contributed by atoms with E-state index in [0.717, 1.165) is 24.4 Å². The van der Waals surface area contributed by atoms with Crippen LogP contribution in [0, 0.1) is 23.3 Å². The molecule has 0 fully saturated rings. The fourth-order valence-electron chi connectivity index (χ4n) is 3.20. The summed E-state index contributed by atoms with van der Waals surface area (Å²) < 4.78 is 67.3. The minimum absolute atomic E-state index is 0.0125. The van der Waals surface area contributed by atoms with Crippen LogP contribution in [0.2, 0.25) is 5.02 Å². The Hall–Kier alpha value is -4.05. The fraction of sp³-hybridized carbons (Fsp3) is 0.0833.